The molecular formula is C9H16O5S. The number of carboxylic acid groups (broad SMARTS) is 1. The maximum Gasteiger partial charge on any atom is 0.345 e. The number of esters is 1. The van der Waals surface area contributed by atoms with Crippen molar-refractivity contribution in [2.75, 3.05) is 18.1 Å². The zero-order valence-corrected chi connectivity index (χ0v) is 9.46. The van der Waals surface area contributed by atoms with E-state index >= 15 is 0 Å². The Kier molecular flexibility index (Phi) is 8.12. The quantitative estimate of drug-likeness (QED) is 0.472. The molecule has 0 heterocycles. The Morgan fingerprint density at radius 2 is 2.07 bits per heavy atom. The van der Waals surface area contributed by atoms with Gasteiger partial charge in [0.05, 0.1) is 0 Å². The molecular weight excluding hydrogens is 220 g/mol. The van der Waals surface area contributed by atoms with Gasteiger partial charge in [-0.3, -0.25) is 0 Å². The number of rotatable bonds is 8. The van der Waals surface area contributed by atoms with Crippen LogP contribution in [0.15, 0.2) is 0 Å². The van der Waals surface area contributed by atoms with Gasteiger partial charge in [0.1, 0.15) is 6.61 Å². The van der Waals surface area contributed by atoms with Gasteiger partial charge in [-0.25, -0.2) is 9.59 Å². The van der Waals surface area contributed by atoms with Crippen LogP contribution in [0.25, 0.3) is 0 Å². The molecule has 6 heteroatoms. The van der Waals surface area contributed by atoms with Crippen LogP contribution in [0.2, 0.25) is 0 Å². The first-order valence-electron chi connectivity index (χ1n) is 4.72. The molecule has 0 saturated heterocycles. The van der Waals surface area contributed by atoms with Crippen molar-refractivity contribution < 1.29 is 24.5 Å². The number of hydrogen-bond donors (Lipinski definition) is 2. The van der Waals surface area contributed by atoms with Crippen molar-refractivity contribution in [2.24, 2.45) is 0 Å². The van der Waals surface area contributed by atoms with Gasteiger partial charge in [0.2, 0.25) is 0 Å². The molecule has 0 bridgehead atoms. The monoisotopic (exact) mass is 236 g/mol. The van der Waals surface area contributed by atoms with Crippen molar-refractivity contribution in [2.45, 2.75) is 25.9 Å². The highest BCUT2D eigenvalue weighted by molar-refractivity contribution is 7.99. The van der Waals surface area contributed by atoms with E-state index in [1.54, 1.807) is 11.8 Å². The fourth-order valence-corrected chi connectivity index (χ4v) is 1.74. The summed E-state index contributed by atoms with van der Waals surface area (Å²) in [5.74, 6) is -0.485. The molecule has 5 nitrogen and oxygen atoms in total. The average molecular weight is 236 g/mol. The summed E-state index contributed by atoms with van der Waals surface area (Å²) in [6.45, 7) is 1.25. The van der Waals surface area contributed by atoms with E-state index in [1.807, 2.05) is 6.92 Å². The lowest BCUT2D eigenvalue weighted by atomic mass is 10.3. The molecule has 0 spiro atoms. The van der Waals surface area contributed by atoms with Gasteiger partial charge in [0.15, 0.2) is 6.10 Å². The number of aliphatic carboxylic acids is 1. The number of carboxylic acids is 1. The highest BCUT2D eigenvalue weighted by Crippen LogP contribution is 2.09. The van der Waals surface area contributed by atoms with Crippen molar-refractivity contribution in [3.05, 3.63) is 0 Å². The predicted octanol–water partition coefficient (Wildman–Crippen LogP) is 0.508. The number of thioether (sulfide) groups is 1. The molecule has 0 aromatic carbocycles. The highest BCUT2D eigenvalue weighted by atomic mass is 32.2. The number of ether oxygens (including phenoxy) is 1. The van der Waals surface area contributed by atoms with E-state index in [1.165, 1.54) is 0 Å². The second kappa shape index (κ2) is 8.55. The predicted molar refractivity (Wildman–Crippen MR) is 56.8 cm³/mol. The van der Waals surface area contributed by atoms with Crippen molar-refractivity contribution >= 4 is 23.7 Å². The van der Waals surface area contributed by atoms with E-state index in [-0.39, 0.29) is 6.42 Å². The third kappa shape index (κ3) is 7.21. The number of carbonyl (C=O) groups is 2. The summed E-state index contributed by atoms with van der Waals surface area (Å²) in [6.07, 6.45) is 0.152. The summed E-state index contributed by atoms with van der Waals surface area (Å²) in [6, 6.07) is 0. The molecule has 0 fully saturated rings. The third-order valence-corrected chi connectivity index (χ3v) is 2.77. The summed E-state index contributed by atoms with van der Waals surface area (Å²) in [5.41, 5.74) is 0. The SMILES string of the molecule is CCCSCCC(OC(=O)CO)C(=O)O. The minimum absolute atomic E-state index is 0.270. The molecule has 0 aromatic rings. The number of carbonyl (C=O) groups excluding carboxylic acids is 1. The molecule has 0 radical (unpaired) electrons. The molecule has 0 aliphatic rings. The smallest absolute Gasteiger partial charge is 0.345 e. The molecule has 0 aliphatic heterocycles. The second-order valence-electron chi connectivity index (χ2n) is 2.88. The number of aliphatic hydroxyl groups is 1. The molecule has 1 atom stereocenters. The van der Waals surface area contributed by atoms with Gasteiger partial charge < -0.3 is 14.9 Å². The van der Waals surface area contributed by atoms with Gasteiger partial charge in [0.25, 0.3) is 0 Å². The lowest BCUT2D eigenvalue weighted by Gasteiger charge is -2.12. The van der Waals surface area contributed by atoms with Crippen LogP contribution >= 0.6 is 11.8 Å². The molecule has 0 rings (SSSR count). The lowest BCUT2D eigenvalue weighted by molar-refractivity contribution is -0.165. The first kappa shape index (κ1) is 14.2. The largest absolute Gasteiger partial charge is 0.479 e. The van der Waals surface area contributed by atoms with Crippen LogP contribution in [0.5, 0.6) is 0 Å². The summed E-state index contributed by atoms with van der Waals surface area (Å²) >= 11 is 1.62. The lowest BCUT2D eigenvalue weighted by Crippen LogP contribution is -2.28. The van der Waals surface area contributed by atoms with E-state index in [4.69, 9.17) is 10.2 Å². The van der Waals surface area contributed by atoms with Crippen LogP contribution in [0, 0.1) is 0 Å². The molecule has 15 heavy (non-hydrogen) atoms. The molecule has 0 amide bonds. The van der Waals surface area contributed by atoms with Crippen LogP contribution in [-0.2, 0) is 14.3 Å². The Balaban J connectivity index is 3.84. The first-order valence-corrected chi connectivity index (χ1v) is 5.88. The molecule has 0 aliphatic carbocycles. The van der Waals surface area contributed by atoms with Gasteiger partial charge in [-0.2, -0.15) is 11.8 Å². The summed E-state index contributed by atoms with van der Waals surface area (Å²) in [5, 5.41) is 17.1. The van der Waals surface area contributed by atoms with E-state index in [2.05, 4.69) is 4.74 Å². The minimum atomic E-state index is -1.17. The van der Waals surface area contributed by atoms with Crippen LogP contribution in [0.1, 0.15) is 19.8 Å². The van der Waals surface area contributed by atoms with E-state index < -0.39 is 24.6 Å². The fourth-order valence-electron chi connectivity index (χ4n) is 0.866. The molecule has 0 aromatic heterocycles. The molecule has 1 unspecified atom stereocenters. The molecule has 88 valence electrons. The van der Waals surface area contributed by atoms with Crippen LogP contribution in [0.3, 0.4) is 0 Å². The zero-order chi connectivity index (χ0) is 11.7. The second-order valence-corrected chi connectivity index (χ2v) is 4.10. The standard InChI is InChI=1S/C9H16O5S/c1-2-4-15-5-3-7(9(12)13)14-8(11)6-10/h7,10H,2-6H2,1H3,(H,12,13). The summed E-state index contributed by atoms with van der Waals surface area (Å²) in [4.78, 5) is 21.3. The Morgan fingerprint density at radius 1 is 1.40 bits per heavy atom. The fraction of sp³-hybridized carbons (Fsp3) is 0.778. The van der Waals surface area contributed by atoms with E-state index in [0.29, 0.717) is 5.75 Å². The summed E-state index contributed by atoms with van der Waals surface area (Å²) < 4.78 is 4.54. The number of hydrogen-bond acceptors (Lipinski definition) is 5. The van der Waals surface area contributed by atoms with Crippen LogP contribution in [-0.4, -0.2) is 46.4 Å². The Morgan fingerprint density at radius 3 is 2.53 bits per heavy atom. The topological polar surface area (TPSA) is 83.8 Å². The van der Waals surface area contributed by atoms with Crippen LogP contribution < -0.4 is 0 Å². The van der Waals surface area contributed by atoms with Gasteiger partial charge in [0, 0.05) is 6.42 Å². The number of aliphatic hydroxyl groups excluding tert-OH is 1. The van der Waals surface area contributed by atoms with Gasteiger partial charge in [-0.1, -0.05) is 6.92 Å². The van der Waals surface area contributed by atoms with Crippen molar-refractivity contribution in [1.82, 2.24) is 0 Å². The first-order chi connectivity index (χ1) is 7.11. The van der Waals surface area contributed by atoms with Crippen molar-refractivity contribution in [1.29, 1.82) is 0 Å². The van der Waals surface area contributed by atoms with Gasteiger partial charge in [-0.05, 0) is 17.9 Å². The third-order valence-electron chi connectivity index (χ3n) is 1.55. The van der Waals surface area contributed by atoms with Crippen molar-refractivity contribution in [3.8, 4) is 0 Å². The van der Waals surface area contributed by atoms with E-state index in [9.17, 15) is 9.59 Å². The van der Waals surface area contributed by atoms with Gasteiger partial charge >= 0.3 is 11.9 Å². The normalized spacial score (nSPS) is 12.1. The van der Waals surface area contributed by atoms with Crippen LogP contribution in [0.4, 0.5) is 0 Å². The average Bonchev–Trinajstić information content (AvgIpc) is 2.21. The zero-order valence-electron chi connectivity index (χ0n) is 8.64. The maximum atomic E-state index is 10.7. The maximum absolute atomic E-state index is 10.7. The van der Waals surface area contributed by atoms with Gasteiger partial charge in [-0.15, -0.1) is 0 Å². The highest BCUT2D eigenvalue weighted by Gasteiger charge is 2.21. The minimum Gasteiger partial charge on any atom is -0.479 e. The Hall–Kier alpha value is -0.750. The Bertz CT molecular complexity index is 207. The van der Waals surface area contributed by atoms with Crippen molar-refractivity contribution in [3.63, 3.8) is 0 Å². The Labute approximate surface area is 92.8 Å². The molecule has 2 N–H and O–H groups in total. The molecule has 0 saturated carbocycles. The summed E-state index contributed by atoms with van der Waals surface area (Å²) in [7, 11) is 0. The van der Waals surface area contributed by atoms with E-state index in [0.717, 1.165) is 12.2 Å².